The highest BCUT2D eigenvalue weighted by Crippen LogP contribution is 2.11. The van der Waals surface area contributed by atoms with Crippen LogP contribution in [-0.2, 0) is 24.0 Å². The first-order valence-corrected chi connectivity index (χ1v) is 12.7. The van der Waals surface area contributed by atoms with E-state index in [2.05, 4.69) is 20.9 Å². The molecule has 0 aliphatic heterocycles. The van der Waals surface area contributed by atoms with Crippen molar-refractivity contribution >= 4 is 35.6 Å². The number of nitrogens with zero attached hydrogens (tertiary/aromatic N) is 1. The summed E-state index contributed by atoms with van der Waals surface area (Å²) in [7, 11) is 0. The minimum absolute atomic E-state index is 0.0861. The molecule has 0 aliphatic rings. The number of hydrogen-bond acceptors (Lipinski definition) is 8. The van der Waals surface area contributed by atoms with Gasteiger partial charge in [-0.15, -0.1) is 0 Å². The summed E-state index contributed by atoms with van der Waals surface area (Å²) < 4.78 is 0. The normalized spacial score (nSPS) is 14.7. The fourth-order valence-corrected chi connectivity index (χ4v) is 3.43. The zero-order valence-electron chi connectivity index (χ0n) is 22.2. The Morgan fingerprint density at radius 2 is 1.45 bits per heavy atom. The number of hydrogen-bond donors (Lipinski definition) is 9. The van der Waals surface area contributed by atoms with E-state index in [4.69, 9.17) is 28.0 Å². The fraction of sp³-hybridized carbons (Fsp3) is 0.739. The highest BCUT2D eigenvalue weighted by atomic mass is 16.4. The molecule has 0 rings (SSSR count). The van der Waals surface area contributed by atoms with Crippen LogP contribution in [0, 0.1) is 5.92 Å². The Hall–Kier alpha value is -3.46. The predicted molar refractivity (Wildman–Crippen MR) is 141 cm³/mol. The highest BCUT2D eigenvalue weighted by Gasteiger charge is 2.32. The number of amides is 3. The number of aliphatic imine (C=N–C) groups is 1. The molecule has 15 nitrogen and oxygen atoms in total. The Balaban J connectivity index is 5.64. The Morgan fingerprint density at radius 3 is 1.97 bits per heavy atom. The molecule has 0 aromatic heterocycles. The van der Waals surface area contributed by atoms with Crippen LogP contribution >= 0.6 is 0 Å². The average Bonchev–Trinajstić information content (AvgIpc) is 2.85. The number of nitrogens with two attached hydrogens (primary N) is 4. The van der Waals surface area contributed by atoms with Crippen molar-refractivity contribution in [1.29, 1.82) is 0 Å². The van der Waals surface area contributed by atoms with Crippen LogP contribution in [0.5, 0.6) is 0 Å². The molecule has 0 aliphatic carbocycles. The van der Waals surface area contributed by atoms with Crippen LogP contribution in [0.15, 0.2) is 4.99 Å². The van der Waals surface area contributed by atoms with Gasteiger partial charge in [0, 0.05) is 13.0 Å². The zero-order valence-corrected chi connectivity index (χ0v) is 22.2. The summed E-state index contributed by atoms with van der Waals surface area (Å²) in [5.74, 6) is -4.92. The van der Waals surface area contributed by atoms with Crippen LogP contribution in [-0.4, -0.2) is 83.1 Å². The summed E-state index contributed by atoms with van der Waals surface area (Å²) >= 11 is 0. The van der Waals surface area contributed by atoms with Crippen LogP contribution in [0.1, 0.15) is 65.2 Å². The molecule has 13 N–H and O–H groups in total. The van der Waals surface area contributed by atoms with Gasteiger partial charge in [0.1, 0.15) is 18.1 Å². The van der Waals surface area contributed by atoms with Crippen molar-refractivity contribution in [3.05, 3.63) is 0 Å². The molecule has 0 aromatic carbocycles. The summed E-state index contributed by atoms with van der Waals surface area (Å²) in [6.07, 6.45) is 1.67. The smallest absolute Gasteiger partial charge is 0.326 e. The molecule has 3 amide bonds. The van der Waals surface area contributed by atoms with E-state index < -0.39 is 53.8 Å². The van der Waals surface area contributed by atoms with Crippen molar-refractivity contribution < 1.29 is 34.2 Å². The van der Waals surface area contributed by atoms with E-state index in [1.54, 1.807) is 13.8 Å². The molecule has 5 unspecified atom stereocenters. The van der Waals surface area contributed by atoms with Crippen LogP contribution < -0.4 is 38.9 Å². The molecule has 15 heteroatoms. The van der Waals surface area contributed by atoms with Crippen molar-refractivity contribution in [2.45, 2.75) is 89.4 Å². The quantitative estimate of drug-likeness (QED) is 0.0456. The molecule has 5 atom stereocenters. The average molecular weight is 545 g/mol. The lowest BCUT2D eigenvalue weighted by Gasteiger charge is -2.28. The second-order valence-electron chi connectivity index (χ2n) is 9.10. The second-order valence-corrected chi connectivity index (χ2v) is 9.10. The minimum atomic E-state index is -1.22. The van der Waals surface area contributed by atoms with Gasteiger partial charge in [-0.1, -0.05) is 20.3 Å². The van der Waals surface area contributed by atoms with Gasteiger partial charge in [0.25, 0.3) is 0 Å². The maximum absolute atomic E-state index is 13.2. The molecule has 38 heavy (non-hydrogen) atoms. The number of carbonyl (C=O) groups excluding carboxylic acids is 3. The van der Waals surface area contributed by atoms with Crippen molar-refractivity contribution in [1.82, 2.24) is 16.0 Å². The first-order chi connectivity index (χ1) is 17.8. The van der Waals surface area contributed by atoms with Crippen molar-refractivity contribution in [2.24, 2.45) is 33.8 Å². The van der Waals surface area contributed by atoms with Crippen LogP contribution in [0.3, 0.4) is 0 Å². The molecule has 0 fully saturated rings. The Labute approximate surface area is 222 Å². The van der Waals surface area contributed by atoms with Gasteiger partial charge in [0.15, 0.2) is 5.96 Å². The van der Waals surface area contributed by atoms with Crippen LogP contribution in [0.25, 0.3) is 0 Å². The number of carboxylic acid groups (broad SMARTS) is 2. The number of unbranched alkanes of at least 4 members (excludes halogenated alkanes) is 1. The molecule has 218 valence electrons. The first-order valence-electron chi connectivity index (χ1n) is 12.7. The van der Waals surface area contributed by atoms with Crippen LogP contribution in [0.2, 0.25) is 0 Å². The number of carbonyl (C=O) groups is 5. The fourth-order valence-electron chi connectivity index (χ4n) is 3.43. The second kappa shape index (κ2) is 18.7. The third-order valence-corrected chi connectivity index (χ3v) is 5.94. The third kappa shape index (κ3) is 14.3. The van der Waals surface area contributed by atoms with Gasteiger partial charge in [0.2, 0.25) is 17.7 Å². The number of nitrogens with one attached hydrogen (secondary N) is 3. The minimum Gasteiger partial charge on any atom is -0.481 e. The third-order valence-electron chi connectivity index (χ3n) is 5.94. The summed E-state index contributed by atoms with van der Waals surface area (Å²) in [6.45, 7) is 4.08. The molecule has 0 heterocycles. The van der Waals surface area contributed by atoms with Crippen molar-refractivity contribution in [3.63, 3.8) is 0 Å². The number of aliphatic carboxylic acids is 2. The summed E-state index contributed by atoms with van der Waals surface area (Å²) in [6, 6.07) is -4.54. The van der Waals surface area contributed by atoms with Crippen LogP contribution in [0.4, 0.5) is 0 Å². The SMILES string of the molecule is CCC(C)C(NC(=O)C(N)CCC(=O)O)C(=O)NC(CCCN=C(N)N)C(=O)NC(CCCCN)C(=O)O. The summed E-state index contributed by atoms with van der Waals surface area (Å²) in [5, 5.41) is 25.9. The Bertz CT molecular complexity index is 820. The molecule has 0 radical (unpaired) electrons. The first kappa shape index (κ1) is 34.5. The molecule has 0 saturated carbocycles. The van der Waals surface area contributed by atoms with E-state index in [9.17, 15) is 29.1 Å². The van der Waals surface area contributed by atoms with E-state index in [0.717, 1.165) is 0 Å². The lowest BCUT2D eigenvalue weighted by molar-refractivity contribution is -0.142. The standard InChI is InChI=1S/C23H44N8O7/c1-3-13(2)18(31-19(34)14(25)9-10-17(32)33)21(36)29-15(8-6-12-28-23(26)27)20(35)30-16(22(37)38)7-4-5-11-24/h13-16,18H,3-12,24-25H2,1-2H3,(H,29,36)(H,30,35)(H,31,34)(H,32,33)(H,37,38)(H4,26,27,28). The zero-order chi connectivity index (χ0) is 29.3. The predicted octanol–water partition coefficient (Wildman–Crippen LogP) is -2.05. The molecule has 0 saturated heterocycles. The van der Waals surface area contributed by atoms with Gasteiger partial charge >= 0.3 is 11.9 Å². The van der Waals surface area contributed by atoms with Crippen molar-refractivity contribution in [2.75, 3.05) is 13.1 Å². The Morgan fingerprint density at radius 1 is 0.842 bits per heavy atom. The monoisotopic (exact) mass is 544 g/mol. The van der Waals surface area contributed by atoms with Gasteiger partial charge < -0.3 is 49.1 Å². The maximum atomic E-state index is 13.2. The van der Waals surface area contributed by atoms with Gasteiger partial charge in [-0.3, -0.25) is 24.2 Å². The number of carboxylic acids is 2. The summed E-state index contributed by atoms with van der Waals surface area (Å²) in [4.78, 5) is 65.1. The molecular formula is C23H44N8O7. The van der Waals surface area contributed by atoms with E-state index in [-0.39, 0.29) is 44.1 Å². The van der Waals surface area contributed by atoms with E-state index >= 15 is 0 Å². The number of rotatable bonds is 20. The molecular weight excluding hydrogens is 500 g/mol. The molecule has 0 aromatic rings. The van der Waals surface area contributed by atoms with E-state index in [1.165, 1.54) is 0 Å². The topological polar surface area (TPSA) is 278 Å². The van der Waals surface area contributed by atoms with E-state index in [0.29, 0.717) is 32.2 Å². The van der Waals surface area contributed by atoms with Crippen molar-refractivity contribution in [3.8, 4) is 0 Å². The largest absolute Gasteiger partial charge is 0.481 e. The van der Waals surface area contributed by atoms with Gasteiger partial charge in [0.05, 0.1) is 6.04 Å². The molecule has 0 spiro atoms. The Kier molecular flexibility index (Phi) is 17.0. The summed E-state index contributed by atoms with van der Waals surface area (Å²) in [5.41, 5.74) is 21.9. The van der Waals surface area contributed by atoms with Gasteiger partial charge in [-0.2, -0.15) is 0 Å². The van der Waals surface area contributed by atoms with Gasteiger partial charge in [-0.25, -0.2) is 4.79 Å². The molecule has 0 bridgehead atoms. The lowest BCUT2D eigenvalue weighted by Crippen LogP contribution is -2.58. The number of guanidine groups is 1. The van der Waals surface area contributed by atoms with E-state index in [1.807, 2.05) is 0 Å². The maximum Gasteiger partial charge on any atom is 0.326 e. The van der Waals surface area contributed by atoms with Gasteiger partial charge in [-0.05, 0) is 51.0 Å². The highest BCUT2D eigenvalue weighted by molar-refractivity contribution is 5.94. The lowest BCUT2D eigenvalue weighted by atomic mass is 9.96.